The van der Waals surface area contributed by atoms with Crippen LogP contribution in [0.15, 0.2) is 10.7 Å². The predicted octanol–water partition coefficient (Wildman–Crippen LogP) is 2.43. The molecular formula is C13H19BrN2O3. The van der Waals surface area contributed by atoms with Gasteiger partial charge in [0.2, 0.25) is 5.78 Å². The van der Waals surface area contributed by atoms with Gasteiger partial charge in [-0.15, -0.1) is 0 Å². The van der Waals surface area contributed by atoms with E-state index in [9.17, 15) is 4.79 Å². The zero-order valence-electron chi connectivity index (χ0n) is 11.3. The van der Waals surface area contributed by atoms with Crippen molar-refractivity contribution in [3.8, 4) is 0 Å². The number of Topliss-reactive ketones (excluding diaryl/α,β-unsaturated/α-hetero) is 1. The Morgan fingerprint density at radius 3 is 2.74 bits per heavy atom. The van der Waals surface area contributed by atoms with E-state index in [0.717, 1.165) is 30.2 Å². The van der Waals surface area contributed by atoms with E-state index >= 15 is 0 Å². The Bertz CT molecular complexity index is 453. The number of ketones is 1. The molecule has 6 heteroatoms. The molecule has 0 N–H and O–H groups in total. The van der Waals surface area contributed by atoms with Gasteiger partial charge in [-0.25, -0.2) is 0 Å². The lowest BCUT2D eigenvalue weighted by atomic mass is 9.94. The summed E-state index contributed by atoms with van der Waals surface area (Å²) in [6, 6.07) is 0. The molecule has 1 saturated carbocycles. The minimum atomic E-state index is -0.673. The molecule has 0 radical (unpaired) electrons. The predicted molar refractivity (Wildman–Crippen MR) is 74.3 cm³/mol. The third-order valence-electron chi connectivity index (χ3n) is 3.73. The fourth-order valence-electron chi connectivity index (χ4n) is 2.62. The van der Waals surface area contributed by atoms with E-state index in [4.69, 9.17) is 9.47 Å². The molecule has 106 valence electrons. The fraction of sp³-hybridized carbons (Fsp3) is 0.692. The van der Waals surface area contributed by atoms with Crippen molar-refractivity contribution in [1.82, 2.24) is 9.78 Å². The molecule has 0 bridgehead atoms. The van der Waals surface area contributed by atoms with Crippen molar-refractivity contribution in [1.29, 1.82) is 0 Å². The van der Waals surface area contributed by atoms with Gasteiger partial charge in [0.15, 0.2) is 0 Å². The fourth-order valence-corrected chi connectivity index (χ4v) is 3.10. The van der Waals surface area contributed by atoms with Crippen LogP contribution in [0.25, 0.3) is 0 Å². The Balaban J connectivity index is 2.29. The van der Waals surface area contributed by atoms with Crippen molar-refractivity contribution in [2.75, 3.05) is 20.8 Å². The van der Waals surface area contributed by atoms with Crippen molar-refractivity contribution in [2.45, 2.75) is 37.8 Å². The number of hydrogen-bond donors (Lipinski definition) is 0. The first kappa shape index (κ1) is 14.7. The minimum Gasteiger partial charge on any atom is -0.383 e. The van der Waals surface area contributed by atoms with Gasteiger partial charge in [0.1, 0.15) is 11.3 Å². The first-order chi connectivity index (χ1) is 9.14. The Morgan fingerprint density at radius 2 is 2.16 bits per heavy atom. The maximum atomic E-state index is 12.8. The molecule has 5 nitrogen and oxygen atoms in total. The van der Waals surface area contributed by atoms with Crippen LogP contribution in [0.5, 0.6) is 0 Å². The van der Waals surface area contributed by atoms with Crippen LogP contribution < -0.4 is 0 Å². The molecule has 0 atom stereocenters. The zero-order valence-corrected chi connectivity index (χ0v) is 12.9. The van der Waals surface area contributed by atoms with Gasteiger partial charge in [-0.1, -0.05) is 0 Å². The maximum Gasteiger partial charge on any atom is 0.213 e. The molecule has 1 aliphatic rings. The molecule has 19 heavy (non-hydrogen) atoms. The maximum absolute atomic E-state index is 12.8. The molecule has 0 aliphatic heterocycles. The molecule has 0 saturated heterocycles. The average molecular weight is 331 g/mol. The largest absolute Gasteiger partial charge is 0.383 e. The van der Waals surface area contributed by atoms with E-state index in [-0.39, 0.29) is 5.78 Å². The summed E-state index contributed by atoms with van der Waals surface area (Å²) in [5.74, 6) is 0.0213. The Labute approximate surface area is 121 Å². The Kier molecular flexibility index (Phi) is 4.76. The number of carbonyl (C=O) groups is 1. The molecule has 0 amide bonds. The van der Waals surface area contributed by atoms with E-state index in [1.807, 2.05) is 0 Å². The second kappa shape index (κ2) is 6.15. The highest BCUT2D eigenvalue weighted by atomic mass is 79.9. The Morgan fingerprint density at radius 1 is 1.47 bits per heavy atom. The number of methoxy groups -OCH3 is 2. The summed E-state index contributed by atoms with van der Waals surface area (Å²) in [6.07, 6.45) is 5.28. The molecule has 1 heterocycles. The molecule has 1 fully saturated rings. The molecular weight excluding hydrogens is 312 g/mol. The zero-order chi connectivity index (χ0) is 13.9. The van der Waals surface area contributed by atoms with E-state index in [2.05, 4.69) is 21.0 Å². The van der Waals surface area contributed by atoms with Crippen LogP contribution in [0.4, 0.5) is 0 Å². The highest BCUT2D eigenvalue weighted by Gasteiger charge is 2.43. The number of aromatic nitrogens is 2. The van der Waals surface area contributed by atoms with Crippen molar-refractivity contribution < 1.29 is 14.3 Å². The summed E-state index contributed by atoms with van der Waals surface area (Å²) in [4.78, 5) is 12.8. The third kappa shape index (κ3) is 2.75. The van der Waals surface area contributed by atoms with Gasteiger partial charge in [0.25, 0.3) is 0 Å². The summed E-state index contributed by atoms with van der Waals surface area (Å²) in [5, 5.41) is 4.22. The minimum absolute atomic E-state index is 0.0213. The van der Waals surface area contributed by atoms with Gasteiger partial charge in [0, 0.05) is 14.2 Å². The summed E-state index contributed by atoms with van der Waals surface area (Å²) in [6.45, 7) is 1.08. The highest BCUT2D eigenvalue weighted by Crippen LogP contribution is 2.37. The van der Waals surface area contributed by atoms with E-state index in [1.54, 1.807) is 25.1 Å². The topological polar surface area (TPSA) is 53.4 Å². The lowest BCUT2D eigenvalue weighted by Gasteiger charge is -2.26. The van der Waals surface area contributed by atoms with E-state index in [1.165, 1.54) is 0 Å². The molecule has 1 aromatic heterocycles. The summed E-state index contributed by atoms with van der Waals surface area (Å²) in [7, 11) is 3.25. The van der Waals surface area contributed by atoms with Crippen LogP contribution >= 0.6 is 15.9 Å². The van der Waals surface area contributed by atoms with Crippen molar-refractivity contribution in [2.24, 2.45) is 0 Å². The SMILES string of the molecule is COCCn1ncc(Br)c1C(=O)C1(OC)CCCC1. The molecule has 2 rings (SSSR count). The summed E-state index contributed by atoms with van der Waals surface area (Å²) >= 11 is 3.41. The van der Waals surface area contributed by atoms with Gasteiger partial charge in [-0.05, 0) is 41.6 Å². The molecule has 0 spiro atoms. The third-order valence-corrected chi connectivity index (χ3v) is 4.31. The molecule has 0 unspecified atom stereocenters. The van der Waals surface area contributed by atoms with Crippen LogP contribution in [0, 0.1) is 0 Å². The van der Waals surface area contributed by atoms with Gasteiger partial charge in [0.05, 0.1) is 23.8 Å². The van der Waals surface area contributed by atoms with Crippen LogP contribution in [0.3, 0.4) is 0 Å². The lowest BCUT2D eigenvalue weighted by molar-refractivity contribution is 0.00495. The molecule has 1 aromatic rings. The normalized spacial score (nSPS) is 17.8. The molecule has 0 aromatic carbocycles. The van der Waals surface area contributed by atoms with Crippen molar-refractivity contribution >= 4 is 21.7 Å². The monoisotopic (exact) mass is 330 g/mol. The number of ether oxygens (including phenoxy) is 2. The summed E-state index contributed by atoms with van der Waals surface area (Å²) < 4.78 is 13.0. The first-order valence-electron chi connectivity index (χ1n) is 6.45. The van der Waals surface area contributed by atoms with E-state index < -0.39 is 5.60 Å². The Hall–Kier alpha value is -0.720. The van der Waals surface area contributed by atoms with E-state index in [0.29, 0.717) is 18.8 Å². The standard InChI is InChI=1S/C13H19BrN2O3/c1-18-8-7-16-11(10(14)9-15-16)12(17)13(19-2)5-3-4-6-13/h9H,3-8H2,1-2H3. The second-order valence-electron chi connectivity index (χ2n) is 4.79. The lowest BCUT2D eigenvalue weighted by Crippen LogP contribution is -2.39. The first-order valence-corrected chi connectivity index (χ1v) is 7.24. The number of carbonyl (C=O) groups excluding carboxylic acids is 1. The quantitative estimate of drug-likeness (QED) is 0.752. The highest BCUT2D eigenvalue weighted by molar-refractivity contribution is 9.10. The van der Waals surface area contributed by atoms with Crippen LogP contribution in [-0.2, 0) is 16.0 Å². The summed E-state index contributed by atoms with van der Waals surface area (Å²) in [5.41, 5.74) is -0.0892. The van der Waals surface area contributed by atoms with Gasteiger partial charge in [-0.2, -0.15) is 5.10 Å². The number of hydrogen-bond acceptors (Lipinski definition) is 4. The van der Waals surface area contributed by atoms with Crippen LogP contribution in [0.1, 0.15) is 36.2 Å². The van der Waals surface area contributed by atoms with Crippen LogP contribution in [-0.4, -0.2) is 42.0 Å². The smallest absolute Gasteiger partial charge is 0.213 e. The molecule has 1 aliphatic carbocycles. The van der Waals surface area contributed by atoms with Gasteiger partial charge >= 0.3 is 0 Å². The number of nitrogens with zero attached hydrogens (tertiary/aromatic N) is 2. The van der Waals surface area contributed by atoms with Gasteiger partial charge in [-0.3, -0.25) is 9.48 Å². The van der Waals surface area contributed by atoms with Crippen molar-refractivity contribution in [3.05, 3.63) is 16.4 Å². The van der Waals surface area contributed by atoms with Crippen molar-refractivity contribution in [3.63, 3.8) is 0 Å². The number of rotatable bonds is 6. The van der Waals surface area contributed by atoms with Gasteiger partial charge < -0.3 is 9.47 Å². The van der Waals surface area contributed by atoms with Crippen LogP contribution in [0.2, 0.25) is 0 Å². The second-order valence-corrected chi connectivity index (χ2v) is 5.65. The number of halogens is 1. The average Bonchev–Trinajstić information content (AvgIpc) is 3.03.